The van der Waals surface area contributed by atoms with Crippen molar-refractivity contribution in [3.8, 4) is 5.75 Å². The Morgan fingerprint density at radius 2 is 1.90 bits per heavy atom. The molecule has 0 amide bonds. The minimum atomic E-state index is -4.87. The van der Waals surface area contributed by atoms with E-state index in [1.165, 1.54) is 18.2 Å². The van der Waals surface area contributed by atoms with Gasteiger partial charge in [0.05, 0.1) is 18.6 Å². The lowest BCUT2D eigenvalue weighted by Gasteiger charge is -2.22. The predicted octanol–water partition coefficient (Wildman–Crippen LogP) is 3.21. The van der Waals surface area contributed by atoms with Crippen molar-refractivity contribution in [1.82, 2.24) is 0 Å². The van der Waals surface area contributed by atoms with E-state index in [0.717, 1.165) is 6.07 Å². The van der Waals surface area contributed by atoms with Crippen molar-refractivity contribution in [2.24, 2.45) is 5.92 Å². The Morgan fingerprint density at radius 1 is 1.29 bits per heavy atom. The monoisotopic (exact) mass is 306 g/mol. The fraction of sp³-hybridized carbons (Fsp3) is 0.500. The van der Waals surface area contributed by atoms with Crippen LogP contribution in [0.1, 0.15) is 31.9 Å². The summed E-state index contributed by atoms with van der Waals surface area (Å²) in [5.74, 6) is -2.14. The smallest absolute Gasteiger partial charge is 0.466 e. The van der Waals surface area contributed by atoms with Crippen LogP contribution in [0.15, 0.2) is 24.3 Å². The van der Waals surface area contributed by atoms with Gasteiger partial charge in [-0.2, -0.15) is 0 Å². The van der Waals surface area contributed by atoms with Gasteiger partial charge in [0.2, 0.25) is 0 Å². The molecule has 1 aromatic rings. The molecule has 2 atom stereocenters. The number of carbonyl (C=O) groups excluding carboxylic acids is 1. The number of para-hydroxylation sites is 1. The lowest BCUT2D eigenvalue weighted by molar-refractivity contribution is -0.275. The normalized spacial score (nSPS) is 14.4. The van der Waals surface area contributed by atoms with E-state index in [1.807, 2.05) is 0 Å². The Kier molecular flexibility index (Phi) is 6.02. The molecule has 2 unspecified atom stereocenters. The summed E-state index contributed by atoms with van der Waals surface area (Å²) in [5.41, 5.74) is -0.102. The summed E-state index contributed by atoms with van der Waals surface area (Å²) in [6.07, 6.45) is -6.09. The molecule has 0 aliphatic heterocycles. The van der Waals surface area contributed by atoms with Crippen molar-refractivity contribution in [2.75, 3.05) is 6.61 Å². The fourth-order valence-corrected chi connectivity index (χ4v) is 1.93. The van der Waals surface area contributed by atoms with Crippen LogP contribution in [0.4, 0.5) is 13.2 Å². The molecule has 0 heterocycles. The minimum Gasteiger partial charge on any atom is -0.466 e. The molecule has 0 aliphatic rings. The first kappa shape index (κ1) is 17.3. The zero-order chi connectivity index (χ0) is 16.0. The Morgan fingerprint density at radius 3 is 2.43 bits per heavy atom. The van der Waals surface area contributed by atoms with Crippen molar-refractivity contribution >= 4 is 5.97 Å². The largest absolute Gasteiger partial charge is 0.573 e. The number of alkyl halides is 3. The average Bonchev–Trinajstić information content (AvgIpc) is 2.38. The number of halogens is 3. The molecular formula is C14H17F3O4. The van der Waals surface area contributed by atoms with E-state index < -0.39 is 30.1 Å². The van der Waals surface area contributed by atoms with E-state index in [1.54, 1.807) is 13.8 Å². The van der Waals surface area contributed by atoms with Gasteiger partial charge in [-0.15, -0.1) is 13.2 Å². The summed E-state index contributed by atoms with van der Waals surface area (Å²) in [6.45, 7) is 3.37. The van der Waals surface area contributed by atoms with Gasteiger partial charge in [-0.25, -0.2) is 0 Å². The van der Waals surface area contributed by atoms with Gasteiger partial charge in [0, 0.05) is 5.56 Å². The third kappa shape index (κ3) is 4.93. The summed E-state index contributed by atoms with van der Waals surface area (Å²) in [4.78, 5) is 11.7. The van der Waals surface area contributed by atoms with Crippen molar-refractivity contribution in [3.63, 3.8) is 0 Å². The summed E-state index contributed by atoms with van der Waals surface area (Å²) in [7, 11) is 0. The van der Waals surface area contributed by atoms with Gasteiger partial charge >= 0.3 is 12.3 Å². The van der Waals surface area contributed by atoms with Crippen LogP contribution in [0, 0.1) is 5.92 Å². The second-order valence-corrected chi connectivity index (χ2v) is 4.30. The first-order valence-electron chi connectivity index (χ1n) is 6.49. The number of esters is 1. The molecule has 7 heteroatoms. The quantitative estimate of drug-likeness (QED) is 0.820. The van der Waals surface area contributed by atoms with Crippen molar-refractivity contribution in [3.05, 3.63) is 29.8 Å². The second-order valence-electron chi connectivity index (χ2n) is 4.30. The number of carbonyl (C=O) groups is 1. The lowest BCUT2D eigenvalue weighted by atomic mass is 9.93. The van der Waals surface area contributed by atoms with Gasteiger partial charge in [-0.3, -0.25) is 4.79 Å². The van der Waals surface area contributed by atoms with Crippen LogP contribution in [0.3, 0.4) is 0 Å². The van der Waals surface area contributed by atoms with Crippen LogP contribution in [-0.4, -0.2) is 24.0 Å². The van der Waals surface area contributed by atoms with E-state index in [0.29, 0.717) is 0 Å². The number of hydrogen-bond donors (Lipinski definition) is 1. The summed E-state index contributed by atoms with van der Waals surface area (Å²) in [5, 5.41) is 10.2. The third-order valence-electron chi connectivity index (χ3n) is 2.87. The molecule has 118 valence electrons. The Bertz CT molecular complexity index is 474. The Hall–Kier alpha value is -1.76. The molecule has 1 rings (SSSR count). The second kappa shape index (κ2) is 7.31. The molecule has 0 bridgehead atoms. The van der Waals surface area contributed by atoms with E-state index in [9.17, 15) is 23.1 Å². The maximum Gasteiger partial charge on any atom is 0.573 e. The maximum atomic E-state index is 12.4. The topological polar surface area (TPSA) is 55.8 Å². The zero-order valence-electron chi connectivity index (χ0n) is 11.7. The highest BCUT2D eigenvalue weighted by Crippen LogP contribution is 2.35. The maximum absolute atomic E-state index is 12.4. The van der Waals surface area contributed by atoms with E-state index in [2.05, 4.69) is 4.74 Å². The molecule has 1 aromatic carbocycles. The molecular weight excluding hydrogens is 289 g/mol. The van der Waals surface area contributed by atoms with E-state index in [4.69, 9.17) is 4.74 Å². The molecule has 0 radical (unpaired) electrons. The highest BCUT2D eigenvalue weighted by molar-refractivity contribution is 5.73. The molecule has 0 aliphatic carbocycles. The molecule has 0 saturated heterocycles. The molecule has 1 N–H and O–H groups in total. The summed E-state index contributed by atoms with van der Waals surface area (Å²) >= 11 is 0. The molecule has 0 spiro atoms. The zero-order valence-corrected chi connectivity index (χ0v) is 11.7. The minimum absolute atomic E-state index is 0.102. The number of benzene rings is 1. The molecule has 0 aromatic heterocycles. The SMILES string of the molecule is CCOC(=O)C(CC)C(O)c1ccccc1OC(F)(F)F. The van der Waals surface area contributed by atoms with Gasteiger partial charge in [0.25, 0.3) is 0 Å². The standard InChI is InChI=1S/C14H17F3O4/c1-3-9(13(19)20-4-2)12(18)10-7-5-6-8-11(10)21-14(15,16)17/h5-9,12,18H,3-4H2,1-2H3. The van der Waals surface area contributed by atoms with Gasteiger partial charge in [-0.1, -0.05) is 25.1 Å². The average molecular weight is 306 g/mol. The molecule has 21 heavy (non-hydrogen) atoms. The van der Waals surface area contributed by atoms with Gasteiger partial charge in [0.1, 0.15) is 5.75 Å². The molecule has 0 saturated carbocycles. The van der Waals surface area contributed by atoms with Gasteiger partial charge in [-0.05, 0) is 19.4 Å². The third-order valence-corrected chi connectivity index (χ3v) is 2.87. The first-order chi connectivity index (χ1) is 9.80. The number of aliphatic hydroxyl groups is 1. The van der Waals surface area contributed by atoms with Crippen LogP contribution in [0.2, 0.25) is 0 Å². The van der Waals surface area contributed by atoms with E-state index >= 15 is 0 Å². The van der Waals surface area contributed by atoms with Crippen LogP contribution >= 0.6 is 0 Å². The summed E-state index contributed by atoms with van der Waals surface area (Å²) < 4.78 is 45.7. The van der Waals surface area contributed by atoms with Crippen LogP contribution in [0.5, 0.6) is 5.75 Å². The van der Waals surface area contributed by atoms with Crippen LogP contribution in [-0.2, 0) is 9.53 Å². The Labute approximate surface area is 120 Å². The number of ether oxygens (including phenoxy) is 2. The fourth-order valence-electron chi connectivity index (χ4n) is 1.93. The number of aliphatic hydroxyl groups excluding tert-OH is 1. The highest BCUT2D eigenvalue weighted by Gasteiger charge is 2.35. The van der Waals surface area contributed by atoms with Gasteiger partial charge in [0.15, 0.2) is 0 Å². The van der Waals surface area contributed by atoms with Crippen molar-refractivity contribution in [1.29, 1.82) is 0 Å². The predicted molar refractivity (Wildman–Crippen MR) is 68.5 cm³/mol. The number of hydrogen-bond acceptors (Lipinski definition) is 4. The lowest BCUT2D eigenvalue weighted by Crippen LogP contribution is -2.25. The first-order valence-corrected chi connectivity index (χ1v) is 6.49. The van der Waals surface area contributed by atoms with Crippen LogP contribution in [0.25, 0.3) is 0 Å². The van der Waals surface area contributed by atoms with Crippen molar-refractivity contribution < 1.29 is 32.5 Å². The Balaban J connectivity index is 3.05. The van der Waals surface area contributed by atoms with E-state index in [-0.39, 0.29) is 18.6 Å². The number of rotatable bonds is 6. The highest BCUT2D eigenvalue weighted by atomic mass is 19.4. The van der Waals surface area contributed by atoms with Crippen molar-refractivity contribution in [2.45, 2.75) is 32.7 Å². The molecule has 4 nitrogen and oxygen atoms in total. The molecule has 0 fully saturated rings. The van der Waals surface area contributed by atoms with Crippen LogP contribution < -0.4 is 4.74 Å². The summed E-state index contributed by atoms with van der Waals surface area (Å²) in [6, 6.07) is 5.18. The van der Waals surface area contributed by atoms with Gasteiger partial charge < -0.3 is 14.6 Å².